The van der Waals surface area contributed by atoms with Gasteiger partial charge in [0.1, 0.15) is 6.10 Å². The molecule has 2 rings (SSSR count). The predicted octanol–water partition coefficient (Wildman–Crippen LogP) is 2.13. The fraction of sp³-hybridized carbons (Fsp3) is 0.375. The van der Waals surface area contributed by atoms with E-state index in [4.69, 9.17) is 4.74 Å². The standard InChI is InChI=1S/C8H8O2S/c9-8-2-1-7(10-8)6-3-4-11-5-6/h3-5,7H,1-2H2. The van der Waals surface area contributed by atoms with E-state index in [1.165, 1.54) is 0 Å². The summed E-state index contributed by atoms with van der Waals surface area (Å²) >= 11 is 1.64. The third-order valence-electron chi connectivity index (χ3n) is 1.80. The Balaban J connectivity index is 2.13. The van der Waals surface area contributed by atoms with Gasteiger partial charge in [-0.3, -0.25) is 4.79 Å². The molecule has 11 heavy (non-hydrogen) atoms. The van der Waals surface area contributed by atoms with Gasteiger partial charge in [-0.25, -0.2) is 0 Å². The second kappa shape index (κ2) is 2.66. The number of hydrogen-bond acceptors (Lipinski definition) is 3. The van der Waals surface area contributed by atoms with E-state index in [2.05, 4.69) is 0 Å². The molecule has 0 spiro atoms. The molecule has 58 valence electrons. The van der Waals surface area contributed by atoms with E-state index >= 15 is 0 Å². The minimum atomic E-state index is -0.0683. The summed E-state index contributed by atoms with van der Waals surface area (Å²) in [6.07, 6.45) is 1.45. The van der Waals surface area contributed by atoms with Crippen molar-refractivity contribution in [3.05, 3.63) is 22.4 Å². The molecule has 0 aromatic carbocycles. The highest BCUT2D eigenvalue weighted by molar-refractivity contribution is 7.07. The Morgan fingerprint density at radius 3 is 3.09 bits per heavy atom. The van der Waals surface area contributed by atoms with E-state index in [0.717, 1.165) is 12.0 Å². The molecule has 1 aromatic rings. The fourth-order valence-electron chi connectivity index (χ4n) is 1.22. The molecule has 0 saturated carbocycles. The number of carbonyl (C=O) groups is 1. The molecule has 0 aliphatic carbocycles. The summed E-state index contributed by atoms with van der Waals surface area (Å²) in [4.78, 5) is 10.7. The molecular formula is C8H8O2S. The van der Waals surface area contributed by atoms with Crippen LogP contribution in [-0.4, -0.2) is 5.97 Å². The first-order chi connectivity index (χ1) is 5.36. The van der Waals surface area contributed by atoms with E-state index in [9.17, 15) is 4.79 Å². The van der Waals surface area contributed by atoms with E-state index < -0.39 is 0 Å². The SMILES string of the molecule is O=C1CCC(c2ccsc2)O1. The zero-order chi connectivity index (χ0) is 7.68. The normalized spacial score (nSPS) is 23.6. The van der Waals surface area contributed by atoms with Crippen molar-refractivity contribution in [1.29, 1.82) is 0 Å². The summed E-state index contributed by atoms with van der Waals surface area (Å²) in [5, 5.41) is 4.03. The van der Waals surface area contributed by atoms with Gasteiger partial charge in [0.15, 0.2) is 0 Å². The highest BCUT2D eigenvalue weighted by Gasteiger charge is 2.24. The summed E-state index contributed by atoms with van der Waals surface area (Å²) in [6.45, 7) is 0. The van der Waals surface area contributed by atoms with E-state index in [1.54, 1.807) is 11.3 Å². The maximum Gasteiger partial charge on any atom is 0.306 e. The van der Waals surface area contributed by atoms with Crippen molar-refractivity contribution >= 4 is 17.3 Å². The summed E-state index contributed by atoms with van der Waals surface area (Å²) in [5.74, 6) is -0.0683. The molecule has 1 atom stereocenters. The molecule has 1 saturated heterocycles. The third-order valence-corrected chi connectivity index (χ3v) is 2.50. The van der Waals surface area contributed by atoms with Crippen LogP contribution < -0.4 is 0 Å². The first-order valence-corrected chi connectivity index (χ1v) is 4.52. The van der Waals surface area contributed by atoms with Gasteiger partial charge in [0.2, 0.25) is 0 Å². The van der Waals surface area contributed by atoms with E-state index in [0.29, 0.717) is 6.42 Å². The van der Waals surface area contributed by atoms with Crippen LogP contribution in [-0.2, 0) is 9.53 Å². The lowest BCUT2D eigenvalue weighted by Gasteiger charge is -2.04. The minimum absolute atomic E-state index is 0.0359. The Morgan fingerprint density at radius 1 is 1.64 bits per heavy atom. The molecule has 2 heterocycles. The quantitative estimate of drug-likeness (QED) is 0.600. The smallest absolute Gasteiger partial charge is 0.306 e. The van der Waals surface area contributed by atoms with Crippen molar-refractivity contribution in [1.82, 2.24) is 0 Å². The molecule has 3 heteroatoms. The highest BCUT2D eigenvalue weighted by atomic mass is 32.1. The van der Waals surface area contributed by atoms with Crippen molar-refractivity contribution in [3.8, 4) is 0 Å². The van der Waals surface area contributed by atoms with Crippen LogP contribution in [0.1, 0.15) is 24.5 Å². The van der Waals surface area contributed by atoms with Gasteiger partial charge in [0, 0.05) is 12.0 Å². The van der Waals surface area contributed by atoms with Crippen LogP contribution in [0.25, 0.3) is 0 Å². The number of esters is 1. The van der Waals surface area contributed by atoms with Gasteiger partial charge < -0.3 is 4.74 Å². The lowest BCUT2D eigenvalue weighted by Crippen LogP contribution is -1.96. The number of ether oxygens (including phenoxy) is 1. The third kappa shape index (κ3) is 1.28. The molecule has 1 aromatic heterocycles. The zero-order valence-corrected chi connectivity index (χ0v) is 6.76. The van der Waals surface area contributed by atoms with Crippen LogP contribution in [0, 0.1) is 0 Å². The maximum absolute atomic E-state index is 10.7. The van der Waals surface area contributed by atoms with Gasteiger partial charge >= 0.3 is 5.97 Å². The van der Waals surface area contributed by atoms with Crippen molar-refractivity contribution in [3.63, 3.8) is 0 Å². The minimum Gasteiger partial charge on any atom is -0.457 e. The van der Waals surface area contributed by atoms with Crippen LogP contribution in [0.2, 0.25) is 0 Å². The van der Waals surface area contributed by atoms with E-state index in [1.807, 2.05) is 16.8 Å². The summed E-state index contributed by atoms with van der Waals surface area (Å²) in [7, 11) is 0. The molecule has 0 bridgehead atoms. The molecule has 1 aliphatic heterocycles. The number of rotatable bonds is 1. The van der Waals surface area contributed by atoms with E-state index in [-0.39, 0.29) is 12.1 Å². The van der Waals surface area contributed by atoms with Gasteiger partial charge in [-0.1, -0.05) is 0 Å². The van der Waals surface area contributed by atoms with Crippen molar-refractivity contribution in [2.75, 3.05) is 0 Å². The highest BCUT2D eigenvalue weighted by Crippen LogP contribution is 2.30. The van der Waals surface area contributed by atoms with Gasteiger partial charge in [0.05, 0.1) is 0 Å². The van der Waals surface area contributed by atoms with Crippen LogP contribution in [0.3, 0.4) is 0 Å². The van der Waals surface area contributed by atoms with Crippen LogP contribution in [0.15, 0.2) is 16.8 Å². The molecule has 1 fully saturated rings. The fourth-order valence-corrected chi connectivity index (χ4v) is 1.92. The topological polar surface area (TPSA) is 26.3 Å². The first-order valence-electron chi connectivity index (χ1n) is 3.58. The Hall–Kier alpha value is -0.830. The first kappa shape index (κ1) is 6.85. The molecular weight excluding hydrogens is 160 g/mol. The Bertz CT molecular complexity index is 253. The van der Waals surface area contributed by atoms with Crippen molar-refractivity contribution < 1.29 is 9.53 Å². The molecule has 1 unspecified atom stereocenters. The lowest BCUT2D eigenvalue weighted by atomic mass is 10.1. The zero-order valence-electron chi connectivity index (χ0n) is 5.95. The van der Waals surface area contributed by atoms with Crippen LogP contribution >= 0.6 is 11.3 Å². The monoisotopic (exact) mass is 168 g/mol. The molecule has 2 nitrogen and oxygen atoms in total. The lowest BCUT2D eigenvalue weighted by molar-refractivity contribution is -0.141. The maximum atomic E-state index is 10.7. The van der Waals surface area contributed by atoms with Crippen molar-refractivity contribution in [2.24, 2.45) is 0 Å². The van der Waals surface area contributed by atoms with Gasteiger partial charge in [-0.15, -0.1) is 0 Å². The number of thiophene rings is 1. The van der Waals surface area contributed by atoms with Gasteiger partial charge in [-0.2, -0.15) is 11.3 Å². The number of carbonyl (C=O) groups excluding carboxylic acids is 1. The predicted molar refractivity (Wildman–Crippen MR) is 42.4 cm³/mol. The average Bonchev–Trinajstić information content (AvgIpc) is 2.55. The number of cyclic esters (lactones) is 1. The molecule has 0 N–H and O–H groups in total. The van der Waals surface area contributed by atoms with Crippen LogP contribution in [0.4, 0.5) is 0 Å². The second-order valence-corrected chi connectivity index (χ2v) is 3.35. The molecule has 0 radical (unpaired) electrons. The summed E-state index contributed by atoms with van der Waals surface area (Å²) in [6, 6.07) is 2.01. The van der Waals surface area contributed by atoms with Crippen molar-refractivity contribution in [2.45, 2.75) is 18.9 Å². The Kier molecular flexibility index (Phi) is 1.66. The largest absolute Gasteiger partial charge is 0.457 e. The Labute approximate surface area is 68.8 Å². The number of hydrogen-bond donors (Lipinski definition) is 0. The van der Waals surface area contributed by atoms with Gasteiger partial charge in [-0.05, 0) is 23.2 Å². The second-order valence-electron chi connectivity index (χ2n) is 2.57. The van der Waals surface area contributed by atoms with Crippen LogP contribution in [0.5, 0.6) is 0 Å². The summed E-state index contributed by atoms with van der Waals surface area (Å²) in [5.41, 5.74) is 1.14. The summed E-state index contributed by atoms with van der Waals surface area (Å²) < 4.78 is 5.07. The average molecular weight is 168 g/mol. The van der Waals surface area contributed by atoms with Gasteiger partial charge in [0.25, 0.3) is 0 Å². The Morgan fingerprint density at radius 2 is 2.55 bits per heavy atom. The molecule has 1 aliphatic rings. The molecule has 0 amide bonds.